The number of hydrogen-bond acceptors (Lipinski definition) is 5. The first-order valence-electron chi connectivity index (χ1n) is 6.92. The molecule has 0 unspecified atom stereocenters. The first-order chi connectivity index (χ1) is 9.76. The van der Waals surface area contributed by atoms with E-state index in [1.54, 1.807) is 12.4 Å². The van der Waals surface area contributed by atoms with Crippen molar-refractivity contribution in [3.63, 3.8) is 0 Å². The molecule has 2 N–H and O–H groups in total. The molecule has 20 heavy (non-hydrogen) atoms. The Morgan fingerprint density at radius 2 is 1.95 bits per heavy atom. The van der Waals surface area contributed by atoms with E-state index in [1.165, 1.54) is 0 Å². The van der Waals surface area contributed by atoms with E-state index >= 15 is 0 Å². The monoisotopic (exact) mass is 272 g/mol. The standard InChI is InChI=1S/C15H20N4O/c1-3-12-9-14(17-13(4-2)10-20)19-15(18-12)11-5-7-16-8-6-11/h5-9,13,20H,3-4,10H2,1-2H3,(H,17,18,19)/t13-/m0/s1. The molecule has 0 radical (unpaired) electrons. The van der Waals surface area contributed by atoms with Crippen molar-refractivity contribution in [2.45, 2.75) is 32.7 Å². The van der Waals surface area contributed by atoms with E-state index in [9.17, 15) is 5.11 Å². The Morgan fingerprint density at radius 3 is 2.55 bits per heavy atom. The molecule has 0 aliphatic rings. The van der Waals surface area contributed by atoms with Crippen LogP contribution in [0.2, 0.25) is 0 Å². The van der Waals surface area contributed by atoms with Crippen molar-refractivity contribution < 1.29 is 5.11 Å². The van der Waals surface area contributed by atoms with Crippen LogP contribution in [0.15, 0.2) is 30.6 Å². The molecule has 0 saturated carbocycles. The third-order valence-electron chi connectivity index (χ3n) is 3.15. The molecule has 1 atom stereocenters. The lowest BCUT2D eigenvalue weighted by atomic mass is 10.2. The SMILES string of the molecule is CCc1cc(N[C@@H](CC)CO)nc(-c2ccncc2)n1. The minimum atomic E-state index is 0.0138. The van der Waals surface area contributed by atoms with Crippen LogP contribution in [0.3, 0.4) is 0 Å². The molecular weight excluding hydrogens is 252 g/mol. The van der Waals surface area contributed by atoms with Crippen LogP contribution in [0.5, 0.6) is 0 Å². The van der Waals surface area contributed by atoms with Gasteiger partial charge < -0.3 is 10.4 Å². The molecule has 0 bridgehead atoms. The summed E-state index contributed by atoms with van der Waals surface area (Å²) in [5, 5.41) is 12.5. The number of rotatable bonds is 6. The number of pyridine rings is 1. The van der Waals surface area contributed by atoms with E-state index in [-0.39, 0.29) is 12.6 Å². The molecule has 5 heteroatoms. The van der Waals surface area contributed by atoms with Crippen LogP contribution in [0.1, 0.15) is 26.0 Å². The lowest BCUT2D eigenvalue weighted by Crippen LogP contribution is -2.23. The predicted molar refractivity (Wildman–Crippen MR) is 79.4 cm³/mol. The largest absolute Gasteiger partial charge is 0.394 e. The molecular formula is C15H20N4O. The fourth-order valence-corrected chi connectivity index (χ4v) is 1.87. The summed E-state index contributed by atoms with van der Waals surface area (Å²) in [7, 11) is 0. The van der Waals surface area contributed by atoms with Gasteiger partial charge in [-0.2, -0.15) is 0 Å². The smallest absolute Gasteiger partial charge is 0.161 e. The Hall–Kier alpha value is -2.01. The molecule has 2 aromatic heterocycles. The van der Waals surface area contributed by atoms with Crippen LogP contribution in [-0.2, 0) is 6.42 Å². The zero-order valence-electron chi connectivity index (χ0n) is 11.9. The Bertz CT molecular complexity index is 541. The summed E-state index contributed by atoms with van der Waals surface area (Å²) in [6.45, 7) is 4.18. The summed E-state index contributed by atoms with van der Waals surface area (Å²) >= 11 is 0. The summed E-state index contributed by atoms with van der Waals surface area (Å²) in [5.74, 6) is 1.44. The van der Waals surface area contributed by atoms with Gasteiger partial charge in [-0.3, -0.25) is 4.98 Å². The average Bonchev–Trinajstić information content (AvgIpc) is 2.53. The number of anilines is 1. The first-order valence-corrected chi connectivity index (χ1v) is 6.92. The van der Waals surface area contributed by atoms with Crippen molar-refractivity contribution in [2.24, 2.45) is 0 Å². The molecule has 2 rings (SSSR count). The van der Waals surface area contributed by atoms with Crippen molar-refractivity contribution in [3.8, 4) is 11.4 Å². The van der Waals surface area contributed by atoms with Gasteiger partial charge in [-0.25, -0.2) is 9.97 Å². The Labute approximate surface area is 119 Å². The number of aromatic nitrogens is 3. The summed E-state index contributed by atoms with van der Waals surface area (Å²) in [6, 6.07) is 5.73. The molecule has 0 fully saturated rings. The van der Waals surface area contributed by atoms with E-state index in [0.717, 1.165) is 29.9 Å². The normalized spacial score (nSPS) is 12.2. The molecule has 106 valence electrons. The predicted octanol–water partition coefficient (Wildman–Crippen LogP) is 2.28. The van der Waals surface area contributed by atoms with Crippen LogP contribution < -0.4 is 5.32 Å². The molecule has 2 heterocycles. The first kappa shape index (κ1) is 14.4. The second kappa shape index (κ2) is 6.96. The van der Waals surface area contributed by atoms with Crippen molar-refractivity contribution >= 4 is 5.82 Å². The molecule has 2 aromatic rings. The minimum absolute atomic E-state index is 0.0138. The van der Waals surface area contributed by atoms with E-state index in [1.807, 2.05) is 25.1 Å². The van der Waals surface area contributed by atoms with Gasteiger partial charge in [0.05, 0.1) is 12.6 Å². The highest BCUT2D eigenvalue weighted by Crippen LogP contribution is 2.18. The van der Waals surface area contributed by atoms with Crippen LogP contribution in [0.25, 0.3) is 11.4 Å². The van der Waals surface area contributed by atoms with E-state index in [2.05, 4.69) is 27.2 Å². The summed E-state index contributed by atoms with van der Waals surface area (Å²) < 4.78 is 0. The number of nitrogens with zero attached hydrogens (tertiary/aromatic N) is 3. The van der Waals surface area contributed by atoms with Gasteiger partial charge in [-0.05, 0) is 25.0 Å². The van der Waals surface area contributed by atoms with Crippen molar-refractivity contribution in [3.05, 3.63) is 36.3 Å². The second-order valence-electron chi connectivity index (χ2n) is 4.59. The van der Waals surface area contributed by atoms with E-state index in [4.69, 9.17) is 0 Å². The number of aryl methyl sites for hydroxylation is 1. The Morgan fingerprint density at radius 1 is 1.20 bits per heavy atom. The molecule has 0 aliphatic carbocycles. The highest BCUT2D eigenvalue weighted by molar-refractivity contribution is 5.56. The number of aliphatic hydroxyl groups excluding tert-OH is 1. The molecule has 0 spiro atoms. The highest BCUT2D eigenvalue weighted by Gasteiger charge is 2.09. The van der Waals surface area contributed by atoms with Crippen molar-refractivity contribution in [1.82, 2.24) is 15.0 Å². The molecule has 0 amide bonds. The lowest BCUT2D eigenvalue weighted by Gasteiger charge is -2.16. The molecule has 0 aliphatic heterocycles. The van der Waals surface area contributed by atoms with Gasteiger partial charge in [-0.1, -0.05) is 13.8 Å². The third-order valence-corrected chi connectivity index (χ3v) is 3.15. The molecule has 0 saturated heterocycles. The number of hydrogen-bond donors (Lipinski definition) is 2. The van der Waals surface area contributed by atoms with Crippen molar-refractivity contribution in [1.29, 1.82) is 0 Å². The number of nitrogens with one attached hydrogen (secondary N) is 1. The maximum absolute atomic E-state index is 9.29. The molecule has 0 aromatic carbocycles. The number of aliphatic hydroxyl groups is 1. The summed E-state index contributed by atoms with van der Waals surface area (Å²) in [5.41, 5.74) is 1.91. The highest BCUT2D eigenvalue weighted by atomic mass is 16.3. The average molecular weight is 272 g/mol. The quantitative estimate of drug-likeness (QED) is 0.844. The maximum atomic E-state index is 9.29. The van der Waals surface area contributed by atoms with Gasteiger partial charge in [0.1, 0.15) is 5.82 Å². The van der Waals surface area contributed by atoms with Crippen LogP contribution in [0, 0.1) is 0 Å². The topological polar surface area (TPSA) is 70.9 Å². The van der Waals surface area contributed by atoms with E-state index in [0.29, 0.717) is 5.82 Å². The maximum Gasteiger partial charge on any atom is 0.161 e. The summed E-state index contributed by atoms with van der Waals surface area (Å²) in [4.78, 5) is 13.1. The second-order valence-corrected chi connectivity index (χ2v) is 4.59. The fourth-order valence-electron chi connectivity index (χ4n) is 1.87. The van der Waals surface area contributed by atoms with Crippen LogP contribution in [-0.4, -0.2) is 32.7 Å². The Kier molecular flexibility index (Phi) is 5.01. The zero-order chi connectivity index (χ0) is 14.4. The molecule has 5 nitrogen and oxygen atoms in total. The van der Waals surface area contributed by atoms with Crippen LogP contribution in [0.4, 0.5) is 5.82 Å². The van der Waals surface area contributed by atoms with Gasteiger partial charge in [-0.15, -0.1) is 0 Å². The fraction of sp³-hybridized carbons (Fsp3) is 0.400. The summed E-state index contributed by atoms with van der Waals surface area (Å²) in [6.07, 6.45) is 5.14. The van der Waals surface area contributed by atoms with Gasteiger partial charge in [0.25, 0.3) is 0 Å². The van der Waals surface area contributed by atoms with Crippen LogP contribution >= 0.6 is 0 Å². The van der Waals surface area contributed by atoms with Gasteiger partial charge >= 0.3 is 0 Å². The Balaban J connectivity index is 2.34. The van der Waals surface area contributed by atoms with Gasteiger partial charge in [0.2, 0.25) is 0 Å². The van der Waals surface area contributed by atoms with Gasteiger partial charge in [0, 0.05) is 29.7 Å². The zero-order valence-corrected chi connectivity index (χ0v) is 11.9. The van der Waals surface area contributed by atoms with Gasteiger partial charge in [0.15, 0.2) is 5.82 Å². The lowest BCUT2D eigenvalue weighted by molar-refractivity contribution is 0.271. The van der Waals surface area contributed by atoms with E-state index < -0.39 is 0 Å². The minimum Gasteiger partial charge on any atom is -0.394 e. The third kappa shape index (κ3) is 3.51. The van der Waals surface area contributed by atoms with Crippen molar-refractivity contribution in [2.75, 3.05) is 11.9 Å².